The van der Waals surface area contributed by atoms with Gasteiger partial charge in [0.05, 0.1) is 17.3 Å². The van der Waals surface area contributed by atoms with Crippen LogP contribution in [0.15, 0.2) is 0 Å². The van der Waals surface area contributed by atoms with Crippen molar-refractivity contribution in [2.45, 2.75) is 57.7 Å². The fourth-order valence-electron chi connectivity index (χ4n) is 3.88. The summed E-state index contributed by atoms with van der Waals surface area (Å²) < 4.78 is 8.43. The van der Waals surface area contributed by atoms with E-state index in [4.69, 9.17) is 9.84 Å². The molecule has 2 aliphatic heterocycles. The Bertz CT molecular complexity index is 508. The van der Waals surface area contributed by atoms with Crippen molar-refractivity contribution < 1.29 is 4.74 Å². The molecule has 3 atom stereocenters. The van der Waals surface area contributed by atoms with E-state index in [1.54, 1.807) is 0 Å². The van der Waals surface area contributed by atoms with Crippen LogP contribution < -0.4 is 5.32 Å². The molecule has 0 amide bonds. The van der Waals surface area contributed by atoms with Crippen molar-refractivity contribution >= 4 is 11.8 Å². The Morgan fingerprint density at radius 1 is 1.48 bits per heavy atom. The van der Waals surface area contributed by atoms with E-state index in [2.05, 4.69) is 30.8 Å². The van der Waals surface area contributed by atoms with E-state index in [9.17, 15) is 0 Å². The van der Waals surface area contributed by atoms with Crippen LogP contribution in [-0.2, 0) is 4.74 Å². The Labute approximate surface area is 132 Å². The number of nitrogens with one attached hydrogen (secondary N) is 1. The van der Waals surface area contributed by atoms with E-state index in [-0.39, 0.29) is 5.60 Å². The van der Waals surface area contributed by atoms with Gasteiger partial charge in [0.1, 0.15) is 0 Å². The Morgan fingerprint density at radius 2 is 2.29 bits per heavy atom. The zero-order valence-corrected chi connectivity index (χ0v) is 14.4. The molecule has 3 heterocycles. The van der Waals surface area contributed by atoms with E-state index in [0.717, 1.165) is 30.9 Å². The van der Waals surface area contributed by atoms with Crippen LogP contribution in [0.5, 0.6) is 0 Å². The molecule has 1 aromatic rings. The molecule has 0 aliphatic carbocycles. The van der Waals surface area contributed by atoms with Crippen molar-refractivity contribution in [2.24, 2.45) is 0 Å². The molecule has 2 saturated heterocycles. The molecule has 3 rings (SSSR count). The van der Waals surface area contributed by atoms with Crippen LogP contribution in [-0.4, -0.2) is 40.5 Å². The number of aryl methyl sites for hydroxylation is 1. The summed E-state index contributed by atoms with van der Waals surface area (Å²) in [5.41, 5.74) is 3.96. The zero-order valence-electron chi connectivity index (χ0n) is 13.6. The summed E-state index contributed by atoms with van der Waals surface area (Å²) in [6, 6.07) is 0.851. The third-order valence-corrected chi connectivity index (χ3v) is 6.35. The van der Waals surface area contributed by atoms with Crippen LogP contribution in [0.2, 0.25) is 0 Å². The lowest BCUT2D eigenvalue weighted by Gasteiger charge is -2.38. The number of hydrogen-bond acceptors (Lipinski definition) is 4. The number of rotatable bonds is 3. The molecule has 2 fully saturated rings. The average Bonchev–Trinajstić information content (AvgIpc) is 3.03. The normalized spacial score (nSPS) is 31.0. The van der Waals surface area contributed by atoms with Crippen LogP contribution in [0.1, 0.15) is 55.2 Å². The molecule has 1 spiro atoms. The van der Waals surface area contributed by atoms with Gasteiger partial charge in [0.2, 0.25) is 0 Å². The number of thioether (sulfide) groups is 1. The lowest BCUT2D eigenvalue weighted by molar-refractivity contribution is -0.0781. The third kappa shape index (κ3) is 2.76. The van der Waals surface area contributed by atoms with Gasteiger partial charge >= 0.3 is 0 Å². The van der Waals surface area contributed by atoms with E-state index in [1.807, 2.05) is 18.8 Å². The predicted octanol–water partition coefficient (Wildman–Crippen LogP) is 3.01. The fourth-order valence-corrected chi connectivity index (χ4v) is 5.25. The third-order valence-electron chi connectivity index (χ3n) is 5.13. The van der Waals surface area contributed by atoms with E-state index in [1.165, 1.54) is 23.4 Å². The highest BCUT2D eigenvalue weighted by molar-refractivity contribution is 7.99. The highest BCUT2D eigenvalue weighted by Crippen LogP contribution is 2.42. The van der Waals surface area contributed by atoms with Crippen LogP contribution in [0, 0.1) is 13.8 Å². The topological polar surface area (TPSA) is 39.1 Å². The quantitative estimate of drug-likeness (QED) is 0.931. The highest BCUT2D eigenvalue weighted by atomic mass is 32.2. The lowest BCUT2D eigenvalue weighted by Crippen LogP contribution is -2.41. The van der Waals surface area contributed by atoms with E-state index in [0.29, 0.717) is 12.1 Å². The van der Waals surface area contributed by atoms with Gasteiger partial charge in [0.15, 0.2) is 0 Å². The first kappa shape index (κ1) is 15.4. The molecule has 1 N–H and O–H groups in total. The van der Waals surface area contributed by atoms with E-state index >= 15 is 0 Å². The van der Waals surface area contributed by atoms with Crippen molar-refractivity contribution in [1.82, 2.24) is 15.1 Å². The van der Waals surface area contributed by atoms with E-state index < -0.39 is 0 Å². The monoisotopic (exact) mass is 309 g/mol. The van der Waals surface area contributed by atoms with Crippen molar-refractivity contribution in [2.75, 3.05) is 25.2 Å². The molecule has 0 radical (unpaired) electrons. The molecule has 4 nitrogen and oxygen atoms in total. The number of nitrogens with zero attached hydrogens (tertiary/aromatic N) is 2. The SMILES string of the molecule is CNC(C)c1c(C)nn(C2CCOC3(CCSC3)C2)c1C. The molecule has 21 heavy (non-hydrogen) atoms. The molecule has 3 unspecified atom stereocenters. The zero-order chi connectivity index (χ0) is 15.0. The minimum Gasteiger partial charge on any atom is -0.374 e. The van der Waals surface area contributed by atoms with Gasteiger partial charge in [-0.15, -0.1) is 0 Å². The summed E-state index contributed by atoms with van der Waals surface area (Å²) >= 11 is 2.03. The minimum atomic E-state index is 0.120. The summed E-state index contributed by atoms with van der Waals surface area (Å²) in [4.78, 5) is 0. The molecular weight excluding hydrogens is 282 g/mol. The summed E-state index contributed by atoms with van der Waals surface area (Å²) in [5, 5.41) is 8.22. The standard InChI is InChI=1S/C16H27N3OS/c1-11(17-4)15-12(2)18-19(13(15)3)14-5-7-20-16(9-14)6-8-21-10-16/h11,14,17H,5-10H2,1-4H3. The Balaban J connectivity index is 1.86. The number of ether oxygens (including phenoxy) is 1. The Kier molecular flexibility index (Phi) is 4.35. The van der Waals surface area contributed by atoms with Gasteiger partial charge in [-0.2, -0.15) is 16.9 Å². The molecule has 2 aliphatic rings. The van der Waals surface area contributed by atoms with Gasteiger partial charge in [-0.05, 0) is 52.8 Å². The predicted molar refractivity (Wildman–Crippen MR) is 88.1 cm³/mol. The van der Waals surface area contributed by atoms with Gasteiger partial charge in [-0.25, -0.2) is 0 Å². The maximum atomic E-state index is 6.15. The van der Waals surface area contributed by atoms with Gasteiger partial charge in [0.25, 0.3) is 0 Å². The van der Waals surface area contributed by atoms with Crippen molar-refractivity contribution in [1.29, 1.82) is 0 Å². The molecule has 1 aromatic heterocycles. The van der Waals surface area contributed by atoms with Gasteiger partial charge < -0.3 is 10.1 Å². The fraction of sp³-hybridized carbons (Fsp3) is 0.812. The second-order valence-corrected chi connectivity index (χ2v) is 7.63. The minimum absolute atomic E-state index is 0.120. The first-order valence-electron chi connectivity index (χ1n) is 8.01. The van der Waals surface area contributed by atoms with Crippen LogP contribution in [0.3, 0.4) is 0 Å². The molecule has 0 bridgehead atoms. The van der Waals surface area contributed by atoms with Crippen molar-refractivity contribution in [3.8, 4) is 0 Å². The molecular formula is C16H27N3OS. The first-order chi connectivity index (χ1) is 10.1. The largest absolute Gasteiger partial charge is 0.374 e. The highest BCUT2D eigenvalue weighted by Gasteiger charge is 2.41. The smallest absolute Gasteiger partial charge is 0.0800 e. The number of aromatic nitrogens is 2. The second-order valence-electron chi connectivity index (χ2n) is 6.52. The summed E-state index contributed by atoms with van der Waals surface area (Å²) in [5.74, 6) is 2.40. The lowest BCUT2D eigenvalue weighted by atomic mass is 9.90. The maximum Gasteiger partial charge on any atom is 0.0800 e. The first-order valence-corrected chi connectivity index (χ1v) is 9.16. The summed E-state index contributed by atoms with van der Waals surface area (Å²) in [6.45, 7) is 7.43. The second kappa shape index (κ2) is 5.94. The summed E-state index contributed by atoms with van der Waals surface area (Å²) in [6.07, 6.45) is 3.41. The number of hydrogen-bond donors (Lipinski definition) is 1. The van der Waals surface area contributed by atoms with Gasteiger partial charge in [-0.3, -0.25) is 4.68 Å². The molecule has 0 saturated carbocycles. The van der Waals surface area contributed by atoms with Gasteiger partial charge in [-0.1, -0.05) is 0 Å². The maximum absolute atomic E-state index is 6.15. The molecule has 5 heteroatoms. The van der Waals surface area contributed by atoms with Crippen LogP contribution >= 0.6 is 11.8 Å². The Hall–Kier alpha value is -0.520. The van der Waals surface area contributed by atoms with Gasteiger partial charge in [0, 0.05) is 29.7 Å². The summed E-state index contributed by atoms with van der Waals surface area (Å²) in [7, 11) is 2.01. The van der Waals surface area contributed by atoms with Crippen molar-refractivity contribution in [3.63, 3.8) is 0 Å². The average molecular weight is 309 g/mol. The van der Waals surface area contributed by atoms with Crippen molar-refractivity contribution in [3.05, 3.63) is 17.0 Å². The molecule has 118 valence electrons. The van der Waals surface area contributed by atoms with Crippen LogP contribution in [0.4, 0.5) is 0 Å². The Morgan fingerprint density at radius 3 is 2.95 bits per heavy atom. The molecule has 0 aromatic carbocycles. The van der Waals surface area contributed by atoms with Crippen LogP contribution in [0.25, 0.3) is 0 Å².